The molecule has 0 spiro atoms. The SMILES string of the molecule is COCCOCCOCCOCCOCCOCCOCCCCCCNC(=O)Nc1cc(NC(=O)NCCCCCCOCCOCCOCCOCCOCCOCCOC)cc(OCCOCCOCCN(CCOCCOCCOCCOCCOCCOC)c2ccc3c(C(F)(F)F)cc(C(F)(F)F)nc3c2)c1. The minimum absolute atomic E-state index is 0.0121. The number of anilines is 3. The molecule has 0 atom stereocenters. The second-order valence-electron chi connectivity index (χ2n) is 24.5. The maximum absolute atomic E-state index is 14.1. The molecular formula is C76H128F6N6O25. The van der Waals surface area contributed by atoms with Gasteiger partial charge >= 0.3 is 24.4 Å². The van der Waals surface area contributed by atoms with E-state index in [1.165, 1.54) is 12.1 Å². The number of benzene rings is 2. The second kappa shape index (κ2) is 72.0. The number of fused-ring (bicyclic) bond motifs is 1. The Bertz CT molecular complexity index is 2630. The van der Waals surface area contributed by atoms with E-state index in [4.69, 9.17) is 109 Å². The first-order valence-electron chi connectivity index (χ1n) is 38.9. The largest absolute Gasteiger partial charge is 0.491 e. The molecule has 4 N–H and O–H groups in total. The molecule has 654 valence electrons. The number of carbonyl (C=O) groups excluding carboxylic acids is 2. The summed E-state index contributed by atoms with van der Waals surface area (Å²) in [5.41, 5.74) is -2.61. The lowest BCUT2D eigenvalue weighted by Crippen LogP contribution is -2.31. The quantitative estimate of drug-likeness (QED) is 0.0303. The summed E-state index contributed by atoms with van der Waals surface area (Å²) < 4.78 is 210. The molecule has 3 rings (SSSR count). The number of nitrogens with one attached hydrogen (secondary N) is 4. The molecule has 37 heteroatoms. The fraction of sp³-hybridized carbons (Fsp3) is 0.776. The zero-order valence-electron chi connectivity index (χ0n) is 66.6. The number of amides is 4. The highest BCUT2D eigenvalue weighted by atomic mass is 19.4. The van der Waals surface area contributed by atoms with Gasteiger partial charge in [-0.2, -0.15) is 26.3 Å². The lowest BCUT2D eigenvalue weighted by molar-refractivity contribution is -0.144. The summed E-state index contributed by atoms with van der Waals surface area (Å²) in [5, 5.41) is 11.0. The third-order valence-electron chi connectivity index (χ3n) is 15.6. The van der Waals surface area contributed by atoms with Gasteiger partial charge in [0.25, 0.3) is 0 Å². The van der Waals surface area contributed by atoms with Crippen molar-refractivity contribution in [2.45, 2.75) is 63.7 Å². The van der Waals surface area contributed by atoms with Gasteiger partial charge in [0.05, 0.1) is 269 Å². The molecule has 0 radical (unpaired) electrons. The predicted molar refractivity (Wildman–Crippen MR) is 408 cm³/mol. The number of unbranched alkanes of at least 4 members (excludes halogenated alkanes) is 6. The number of halogens is 6. The number of alkyl halides is 6. The Morgan fingerprint density at radius 2 is 0.619 bits per heavy atom. The number of ether oxygens (including phenoxy) is 23. The van der Waals surface area contributed by atoms with Crippen LogP contribution in [0.5, 0.6) is 5.75 Å². The van der Waals surface area contributed by atoms with Gasteiger partial charge in [-0.15, -0.1) is 0 Å². The zero-order valence-corrected chi connectivity index (χ0v) is 66.6. The molecule has 0 saturated carbocycles. The molecule has 3 aromatic rings. The third kappa shape index (κ3) is 59.1. The first kappa shape index (κ1) is 102. The molecule has 113 heavy (non-hydrogen) atoms. The normalized spacial score (nSPS) is 11.9. The van der Waals surface area contributed by atoms with E-state index in [1.807, 2.05) is 0 Å². The van der Waals surface area contributed by atoms with Gasteiger partial charge in [-0.05, 0) is 49.9 Å². The van der Waals surface area contributed by atoms with Crippen molar-refractivity contribution in [1.82, 2.24) is 15.6 Å². The summed E-state index contributed by atoms with van der Waals surface area (Å²) in [6, 6.07) is 7.61. The predicted octanol–water partition coefficient (Wildman–Crippen LogP) is 8.78. The highest BCUT2D eigenvalue weighted by molar-refractivity contribution is 5.93. The Labute approximate surface area is 662 Å². The van der Waals surface area contributed by atoms with Crippen LogP contribution in [0.1, 0.15) is 62.6 Å². The monoisotopic (exact) mass is 1640 g/mol. The van der Waals surface area contributed by atoms with E-state index >= 15 is 0 Å². The standard InChI is InChI=1S/C76H128F6N6O25/c1-91-22-25-98-36-39-104-48-51-109-47-44-103-34-30-96-20-16-88(67-12-13-69-70(75(77,78)79)64-72(76(80,81)82)87-71(69)63-67)17-21-97-31-35-112-58-59-113-68-61-65(85-73(89)83-14-8-4-6-10-18-94-28-32-101-42-45-107-54-56-110-52-49-105-40-37-99-26-23-92-2)60-66(62-68)86-74(90)84-15-9-5-7-11-19-95-29-33-102-43-46-108-55-57-111-53-50-106-41-38-100-27-24-93-3/h12-13,60-64H,4-11,14-59H2,1-3H3,(H2,83,85,89)(H2,84,86,90). The number of methoxy groups -OCH3 is 3. The average molecular weight is 1640 g/mol. The van der Waals surface area contributed by atoms with E-state index in [-0.39, 0.29) is 72.0 Å². The van der Waals surface area contributed by atoms with Gasteiger partial charge in [0.15, 0.2) is 0 Å². The van der Waals surface area contributed by atoms with Crippen LogP contribution in [0.2, 0.25) is 0 Å². The molecule has 0 unspecified atom stereocenters. The van der Waals surface area contributed by atoms with Gasteiger partial charge in [-0.3, -0.25) is 0 Å². The fourth-order valence-electron chi connectivity index (χ4n) is 9.81. The van der Waals surface area contributed by atoms with Crippen LogP contribution in [0.15, 0.2) is 42.5 Å². The smallest absolute Gasteiger partial charge is 0.433 e. The van der Waals surface area contributed by atoms with Gasteiger partial charge in [0.1, 0.15) is 18.1 Å². The second-order valence-corrected chi connectivity index (χ2v) is 24.5. The van der Waals surface area contributed by atoms with Crippen molar-refractivity contribution >= 4 is 40.0 Å². The average Bonchev–Trinajstić information content (AvgIpc) is 0.788. The first-order valence-corrected chi connectivity index (χ1v) is 38.9. The Balaban J connectivity index is 1.42. The summed E-state index contributed by atoms with van der Waals surface area (Å²) in [6.45, 7) is 18.3. The fourth-order valence-corrected chi connectivity index (χ4v) is 9.81. The van der Waals surface area contributed by atoms with E-state index in [9.17, 15) is 35.9 Å². The molecule has 4 amide bonds. The summed E-state index contributed by atoms with van der Waals surface area (Å²) >= 11 is 0. The maximum atomic E-state index is 14.1. The summed E-state index contributed by atoms with van der Waals surface area (Å²) in [7, 11) is 4.85. The molecule has 1 heterocycles. The summed E-state index contributed by atoms with van der Waals surface area (Å²) in [5.74, 6) is 0.326. The third-order valence-corrected chi connectivity index (χ3v) is 15.6. The van der Waals surface area contributed by atoms with Crippen molar-refractivity contribution in [3.63, 3.8) is 0 Å². The summed E-state index contributed by atoms with van der Waals surface area (Å²) in [6.07, 6.45) is -3.48. The van der Waals surface area contributed by atoms with Gasteiger partial charge < -0.3 is 135 Å². The molecule has 0 aliphatic rings. The van der Waals surface area contributed by atoms with Gasteiger partial charge in [0.2, 0.25) is 0 Å². The lowest BCUT2D eigenvalue weighted by Gasteiger charge is -2.25. The lowest BCUT2D eigenvalue weighted by atomic mass is 10.1. The molecule has 31 nitrogen and oxygen atoms in total. The van der Waals surface area contributed by atoms with E-state index in [0.717, 1.165) is 57.4 Å². The van der Waals surface area contributed by atoms with Crippen LogP contribution in [-0.4, -0.2) is 342 Å². The number of pyridine rings is 1. The van der Waals surface area contributed by atoms with Gasteiger partial charge in [0, 0.05) is 95.3 Å². The van der Waals surface area contributed by atoms with Gasteiger partial charge in [-0.25, -0.2) is 14.6 Å². The number of hydrogen-bond acceptors (Lipinski definition) is 27. The van der Waals surface area contributed by atoms with Crippen LogP contribution in [0, 0.1) is 0 Å². The number of aromatic nitrogens is 1. The van der Waals surface area contributed by atoms with E-state index in [2.05, 4.69) is 26.3 Å². The van der Waals surface area contributed by atoms with Crippen molar-refractivity contribution in [2.24, 2.45) is 0 Å². The van der Waals surface area contributed by atoms with Crippen molar-refractivity contribution in [2.75, 3.05) is 341 Å². The van der Waals surface area contributed by atoms with E-state index in [1.54, 1.807) is 44.4 Å². The van der Waals surface area contributed by atoms with E-state index < -0.39 is 46.6 Å². The molecule has 0 aliphatic carbocycles. The van der Waals surface area contributed by atoms with Crippen LogP contribution in [-0.2, 0) is 117 Å². The minimum Gasteiger partial charge on any atom is -0.491 e. The van der Waals surface area contributed by atoms with E-state index in [0.29, 0.717) is 261 Å². The molecule has 0 fully saturated rings. The molecular weight excluding hydrogens is 1510 g/mol. The topological polar surface area (TPSA) is 311 Å². The Morgan fingerprint density at radius 1 is 0.327 bits per heavy atom. The highest BCUT2D eigenvalue weighted by Gasteiger charge is 2.39. The molecule has 0 bridgehead atoms. The van der Waals surface area contributed by atoms with Gasteiger partial charge in [-0.1, -0.05) is 31.7 Å². The van der Waals surface area contributed by atoms with Crippen molar-refractivity contribution < 1.29 is 145 Å². The minimum atomic E-state index is -5.13. The molecule has 2 aromatic carbocycles. The Morgan fingerprint density at radius 3 is 0.929 bits per heavy atom. The van der Waals surface area contributed by atoms with Crippen LogP contribution in [0.25, 0.3) is 10.9 Å². The highest BCUT2D eigenvalue weighted by Crippen LogP contribution is 2.39. The number of rotatable bonds is 81. The number of carbonyl (C=O) groups is 2. The van der Waals surface area contributed by atoms with Crippen LogP contribution < -0.4 is 30.9 Å². The maximum Gasteiger partial charge on any atom is 0.433 e. The molecule has 1 aromatic heterocycles. The summed E-state index contributed by atoms with van der Waals surface area (Å²) in [4.78, 5) is 31.6. The van der Waals surface area contributed by atoms with Crippen molar-refractivity contribution in [3.8, 4) is 5.75 Å². The number of urea groups is 2. The molecule has 0 saturated heterocycles. The Hall–Kier alpha value is -5.31. The van der Waals surface area contributed by atoms with Crippen LogP contribution >= 0.6 is 0 Å². The number of nitrogens with zero attached hydrogens (tertiary/aromatic N) is 2. The van der Waals surface area contributed by atoms with Crippen molar-refractivity contribution in [1.29, 1.82) is 0 Å². The Kier molecular flexibility index (Phi) is 64.9. The number of hydrogen-bond donors (Lipinski definition) is 4. The zero-order chi connectivity index (χ0) is 81.3. The van der Waals surface area contributed by atoms with Crippen LogP contribution in [0.3, 0.4) is 0 Å². The van der Waals surface area contributed by atoms with Crippen molar-refractivity contribution in [3.05, 3.63) is 53.7 Å². The van der Waals surface area contributed by atoms with Crippen LogP contribution in [0.4, 0.5) is 53.0 Å². The first-order chi connectivity index (χ1) is 55.2. The molecule has 0 aliphatic heterocycles.